The fourth-order valence-electron chi connectivity index (χ4n) is 6.34. The first-order valence-electron chi connectivity index (χ1n) is 13.7. The fourth-order valence-corrected chi connectivity index (χ4v) is 6.34. The highest BCUT2D eigenvalue weighted by atomic mass is 19.4. The van der Waals surface area contributed by atoms with Gasteiger partial charge in [-0.15, -0.1) is 13.2 Å². The third-order valence-electron chi connectivity index (χ3n) is 8.19. The Morgan fingerprint density at radius 3 is 2.80 bits per heavy atom. The number of amides is 1. The largest absolute Gasteiger partial charge is 0.573 e. The topological polar surface area (TPSA) is 100 Å². The van der Waals surface area contributed by atoms with E-state index in [0.29, 0.717) is 62.8 Å². The molecule has 2 unspecified atom stereocenters. The summed E-state index contributed by atoms with van der Waals surface area (Å²) < 4.78 is 69.9. The molecule has 0 radical (unpaired) electrons. The number of carbonyl (C=O) groups is 1. The van der Waals surface area contributed by atoms with Gasteiger partial charge in [-0.25, -0.2) is 4.39 Å². The molecule has 0 saturated carbocycles. The number of benzene rings is 1. The average molecular weight is 582 g/mol. The van der Waals surface area contributed by atoms with Gasteiger partial charge in [0.1, 0.15) is 24.2 Å². The average Bonchev–Trinajstić information content (AvgIpc) is 3.46. The molecule has 3 fully saturated rings. The van der Waals surface area contributed by atoms with E-state index in [1.807, 2.05) is 4.90 Å². The van der Waals surface area contributed by atoms with Crippen molar-refractivity contribution < 1.29 is 41.7 Å². The van der Waals surface area contributed by atoms with Crippen LogP contribution in [-0.4, -0.2) is 90.0 Å². The Morgan fingerprint density at radius 2 is 2.00 bits per heavy atom. The molecule has 6 rings (SSSR count). The van der Waals surface area contributed by atoms with E-state index < -0.39 is 36.3 Å². The first-order valence-corrected chi connectivity index (χ1v) is 13.7. The van der Waals surface area contributed by atoms with Crippen LogP contribution in [0, 0.1) is 0 Å². The van der Waals surface area contributed by atoms with Crippen molar-refractivity contribution >= 4 is 17.4 Å². The molecule has 2 atom stereocenters. The Bertz CT molecular complexity index is 1310. The maximum atomic E-state index is 14.3. The molecular formula is C27H31F4N5O5. The summed E-state index contributed by atoms with van der Waals surface area (Å²) in [5, 5.41) is 9.62. The molecule has 1 N–H and O–H groups in total. The Morgan fingerprint density at radius 1 is 1.15 bits per heavy atom. The minimum atomic E-state index is -4.99. The van der Waals surface area contributed by atoms with Crippen LogP contribution in [0.5, 0.6) is 11.8 Å². The van der Waals surface area contributed by atoms with E-state index in [4.69, 9.17) is 9.47 Å². The number of nitrogens with zero attached hydrogens (tertiary/aromatic N) is 5. The Balaban J connectivity index is 1.36. The lowest BCUT2D eigenvalue weighted by Crippen LogP contribution is -2.43. The molecule has 4 aliphatic heterocycles. The molecule has 1 aromatic carbocycles. The van der Waals surface area contributed by atoms with Crippen LogP contribution in [0.4, 0.5) is 29.1 Å². The van der Waals surface area contributed by atoms with Crippen molar-refractivity contribution in [3.05, 3.63) is 35.0 Å². The van der Waals surface area contributed by atoms with Gasteiger partial charge in [0.25, 0.3) is 5.91 Å². The van der Waals surface area contributed by atoms with Gasteiger partial charge in [0.15, 0.2) is 5.75 Å². The predicted molar refractivity (Wildman–Crippen MR) is 138 cm³/mol. The third-order valence-corrected chi connectivity index (χ3v) is 8.19. The van der Waals surface area contributed by atoms with E-state index in [9.17, 15) is 27.5 Å². The maximum absolute atomic E-state index is 14.3. The van der Waals surface area contributed by atoms with Gasteiger partial charge in [0, 0.05) is 32.7 Å². The molecule has 0 bridgehead atoms. The number of fused-ring (bicyclic) bond motifs is 2. The van der Waals surface area contributed by atoms with Crippen molar-refractivity contribution in [2.75, 3.05) is 55.8 Å². The number of carbonyl (C=O) groups excluding carboxylic acids is 1. The fraction of sp³-hybridized carbons (Fsp3) is 0.593. The second kappa shape index (κ2) is 10.9. The zero-order valence-electron chi connectivity index (χ0n) is 22.3. The molecule has 1 amide bonds. The Kier molecular flexibility index (Phi) is 7.41. The van der Waals surface area contributed by atoms with E-state index in [1.165, 1.54) is 12.1 Å². The van der Waals surface area contributed by atoms with Crippen LogP contribution in [0.1, 0.15) is 47.3 Å². The summed E-state index contributed by atoms with van der Waals surface area (Å²) in [5.74, 6) is -0.854. The van der Waals surface area contributed by atoms with E-state index >= 15 is 0 Å². The second-order valence-electron chi connectivity index (χ2n) is 10.9. The van der Waals surface area contributed by atoms with Crippen LogP contribution in [0.25, 0.3) is 0 Å². The summed E-state index contributed by atoms with van der Waals surface area (Å²) in [6, 6.07) is 3.68. The van der Waals surface area contributed by atoms with Gasteiger partial charge in [0.2, 0.25) is 0 Å². The van der Waals surface area contributed by atoms with E-state index in [0.717, 1.165) is 30.4 Å². The van der Waals surface area contributed by atoms with Gasteiger partial charge in [-0.05, 0) is 43.5 Å². The first kappa shape index (κ1) is 27.9. The number of anilines is 2. The van der Waals surface area contributed by atoms with Crippen LogP contribution in [0.15, 0.2) is 18.2 Å². The Hall–Kier alpha value is -3.23. The number of hydrogen-bond acceptors (Lipinski definition) is 9. The maximum Gasteiger partial charge on any atom is 0.573 e. The standard InChI is InChI=1S/C27H31F4N5O5/c28-18-12-26(5-1-7-35(26)13-18)16-40-25-32-19-14-36(20-11-17(15-37)3-4-21(20)41-27(29,30)31)24(38)22(19)23(33-25)34-6-2-9-39-10-8-34/h3-4,11,18,37H,1-2,5-10,12-16H2. The van der Waals surface area contributed by atoms with Crippen LogP contribution < -0.4 is 19.3 Å². The molecular weight excluding hydrogens is 550 g/mol. The van der Waals surface area contributed by atoms with Crippen molar-refractivity contribution in [2.45, 2.75) is 56.9 Å². The van der Waals surface area contributed by atoms with E-state index in [-0.39, 0.29) is 30.4 Å². The minimum absolute atomic E-state index is 0.0259. The number of rotatable bonds is 7. The van der Waals surface area contributed by atoms with Crippen molar-refractivity contribution in [3.8, 4) is 11.8 Å². The van der Waals surface area contributed by atoms with Crippen molar-refractivity contribution in [3.63, 3.8) is 0 Å². The van der Waals surface area contributed by atoms with Crippen LogP contribution >= 0.6 is 0 Å². The van der Waals surface area contributed by atoms with E-state index in [2.05, 4.69) is 19.6 Å². The number of alkyl halides is 4. The SMILES string of the molecule is O=C1c2c(nc(OCC34CCCN3CC(F)C4)nc2N2CCCOCC2)CN1c1cc(CO)ccc1OC(F)(F)F. The van der Waals surface area contributed by atoms with Crippen LogP contribution in [0.3, 0.4) is 0 Å². The summed E-state index contributed by atoms with van der Waals surface area (Å²) in [4.78, 5) is 28.1. The monoisotopic (exact) mass is 581 g/mol. The number of hydrogen-bond donors (Lipinski definition) is 1. The smallest absolute Gasteiger partial charge is 0.461 e. The molecule has 0 spiro atoms. The molecule has 0 aliphatic carbocycles. The normalized spacial score (nSPS) is 24.9. The lowest BCUT2D eigenvalue weighted by Gasteiger charge is -2.31. The molecule has 2 aromatic rings. The summed E-state index contributed by atoms with van der Waals surface area (Å²) in [5.41, 5.74) is 0.181. The highest BCUT2D eigenvalue weighted by molar-refractivity contribution is 6.13. The summed E-state index contributed by atoms with van der Waals surface area (Å²) in [7, 11) is 0. The van der Waals surface area contributed by atoms with Gasteiger partial charge >= 0.3 is 12.4 Å². The molecule has 4 aliphatic rings. The molecule has 10 nitrogen and oxygen atoms in total. The highest BCUT2D eigenvalue weighted by Crippen LogP contribution is 2.42. The summed E-state index contributed by atoms with van der Waals surface area (Å²) in [6.45, 7) is 2.70. The van der Waals surface area contributed by atoms with E-state index in [1.54, 1.807) is 0 Å². The number of aromatic nitrogens is 2. The lowest BCUT2D eigenvalue weighted by molar-refractivity contribution is -0.274. The third kappa shape index (κ3) is 5.52. The first-order chi connectivity index (χ1) is 19.7. The van der Waals surface area contributed by atoms with Gasteiger partial charge in [0.05, 0.1) is 36.7 Å². The van der Waals surface area contributed by atoms with Gasteiger partial charge in [-0.2, -0.15) is 9.97 Å². The van der Waals surface area contributed by atoms with Crippen LogP contribution in [-0.2, 0) is 17.9 Å². The molecule has 14 heteroatoms. The predicted octanol–water partition coefficient (Wildman–Crippen LogP) is 3.21. The quantitative estimate of drug-likeness (QED) is 0.494. The number of aliphatic hydroxyl groups is 1. The Labute approximate surface area is 233 Å². The lowest BCUT2D eigenvalue weighted by atomic mass is 9.95. The summed E-state index contributed by atoms with van der Waals surface area (Å²) in [6.07, 6.45) is -3.13. The highest BCUT2D eigenvalue weighted by Gasteiger charge is 2.49. The molecule has 41 heavy (non-hydrogen) atoms. The molecule has 5 heterocycles. The van der Waals surface area contributed by atoms with Crippen LogP contribution in [0.2, 0.25) is 0 Å². The van der Waals surface area contributed by atoms with Gasteiger partial charge in [-0.1, -0.05) is 6.07 Å². The zero-order chi connectivity index (χ0) is 28.8. The molecule has 1 aromatic heterocycles. The van der Waals surface area contributed by atoms with Crippen molar-refractivity contribution in [2.24, 2.45) is 0 Å². The summed E-state index contributed by atoms with van der Waals surface area (Å²) >= 11 is 0. The van der Waals surface area contributed by atoms with Crippen molar-refractivity contribution in [1.82, 2.24) is 14.9 Å². The minimum Gasteiger partial charge on any atom is -0.461 e. The van der Waals surface area contributed by atoms with Gasteiger partial charge < -0.3 is 24.2 Å². The van der Waals surface area contributed by atoms with Crippen molar-refractivity contribution in [1.29, 1.82) is 0 Å². The van der Waals surface area contributed by atoms with Gasteiger partial charge in [-0.3, -0.25) is 14.6 Å². The second-order valence-corrected chi connectivity index (χ2v) is 10.9. The number of ether oxygens (including phenoxy) is 3. The molecule has 3 saturated heterocycles. The number of aliphatic hydroxyl groups excluding tert-OH is 1. The zero-order valence-corrected chi connectivity index (χ0v) is 22.3. The molecule has 222 valence electrons. The number of halogens is 4.